The van der Waals surface area contributed by atoms with E-state index in [4.69, 9.17) is 0 Å². The lowest BCUT2D eigenvalue weighted by molar-refractivity contribution is 0.0827. The Kier molecular flexibility index (Phi) is 4.60. The first-order chi connectivity index (χ1) is 13.1. The smallest absolute Gasteiger partial charge is 0.253 e. The number of carbonyl (C=O) groups excluding carboxylic acids is 1. The molecule has 2 heterocycles. The van der Waals surface area contributed by atoms with Crippen molar-refractivity contribution in [2.24, 2.45) is 0 Å². The third-order valence-electron chi connectivity index (χ3n) is 4.14. The van der Waals surface area contributed by atoms with E-state index in [9.17, 15) is 4.79 Å². The van der Waals surface area contributed by atoms with Crippen LogP contribution in [0.1, 0.15) is 15.9 Å². The van der Waals surface area contributed by atoms with Gasteiger partial charge < -0.3 is 10.2 Å². The summed E-state index contributed by atoms with van der Waals surface area (Å²) < 4.78 is 1.77. The van der Waals surface area contributed by atoms with E-state index in [-0.39, 0.29) is 5.91 Å². The zero-order valence-corrected chi connectivity index (χ0v) is 15.9. The van der Waals surface area contributed by atoms with Crippen molar-refractivity contribution in [1.29, 1.82) is 0 Å². The van der Waals surface area contributed by atoms with Gasteiger partial charge in [-0.15, -0.1) is 5.10 Å². The number of aromatic nitrogens is 3. The second kappa shape index (κ2) is 7.20. The van der Waals surface area contributed by atoms with E-state index in [2.05, 4.69) is 27.5 Å². The van der Waals surface area contributed by atoms with Gasteiger partial charge in [-0.25, -0.2) is 9.50 Å². The second-order valence-corrected chi connectivity index (χ2v) is 7.34. The average Bonchev–Trinajstić information content (AvgIpc) is 3.25. The Bertz CT molecular complexity index is 1050. The molecular weight excluding hydrogens is 358 g/mol. The van der Waals surface area contributed by atoms with Crippen molar-refractivity contribution in [3.8, 4) is 11.3 Å². The van der Waals surface area contributed by atoms with Crippen LogP contribution >= 0.6 is 11.3 Å². The lowest BCUT2D eigenvalue weighted by atomic mass is 10.1. The molecule has 6 nitrogen and oxygen atoms in total. The Balaban J connectivity index is 1.54. The molecule has 27 heavy (non-hydrogen) atoms. The van der Waals surface area contributed by atoms with Crippen LogP contribution in [-0.2, 0) is 6.54 Å². The molecule has 0 aliphatic heterocycles. The summed E-state index contributed by atoms with van der Waals surface area (Å²) in [5, 5.41) is 8.70. The SMILES string of the molecule is CN(C)C(=O)c1cccc(-c2cn3nc(NCc4ccccc4)sc3n2)c1. The fraction of sp³-hybridized carbons (Fsp3) is 0.150. The molecule has 4 aromatic rings. The van der Waals surface area contributed by atoms with Crippen molar-refractivity contribution in [2.75, 3.05) is 19.4 Å². The number of imidazole rings is 1. The van der Waals surface area contributed by atoms with Gasteiger partial charge in [-0.2, -0.15) is 0 Å². The summed E-state index contributed by atoms with van der Waals surface area (Å²) in [6, 6.07) is 17.7. The number of benzene rings is 2. The molecule has 1 N–H and O–H groups in total. The Morgan fingerprint density at radius 3 is 2.70 bits per heavy atom. The summed E-state index contributed by atoms with van der Waals surface area (Å²) in [5.41, 5.74) is 3.55. The average molecular weight is 377 g/mol. The molecule has 0 unspecified atom stereocenters. The predicted molar refractivity (Wildman–Crippen MR) is 108 cm³/mol. The van der Waals surface area contributed by atoms with Crippen LogP contribution in [0, 0.1) is 0 Å². The summed E-state index contributed by atoms with van der Waals surface area (Å²) in [6.07, 6.45) is 1.89. The number of hydrogen-bond acceptors (Lipinski definition) is 5. The number of anilines is 1. The zero-order valence-electron chi connectivity index (χ0n) is 15.1. The Morgan fingerprint density at radius 2 is 1.96 bits per heavy atom. The summed E-state index contributed by atoms with van der Waals surface area (Å²) in [7, 11) is 3.49. The van der Waals surface area contributed by atoms with Gasteiger partial charge in [0.25, 0.3) is 5.91 Å². The molecule has 0 saturated heterocycles. The monoisotopic (exact) mass is 377 g/mol. The van der Waals surface area contributed by atoms with Crippen molar-refractivity contribution >= 4 is 27.3 Å². The number of amides is 1. The molecule has 0 atom stereocenters. The van der Waals surface area contributed by atoms with E-state index < -0.39 is 0 Å². The number of fused-ring (bicyclic) bond motifs is 1. The molecule has 7 heteroatoms. The Hall–Kier alpha value is -3.19. The van der Waals surface area contributed by atoms with Crippen molar-refractivity contribution in [2.45, 2.75) is 6.54 Å². The lowest BCUT2D eigenvalue weighted by Gasteiger charge is -2.10. The molecule has 2 aromatic carbocycles. The zero-order chi connectivity index (χ0) is 18.8. The van der Waals surface area contributed by atoms with E-state index in [0.717, 1.165) is 27.9 Å². The van der Waals surface area contributed by atoms with Gasteiger partial charge in [0.05, 0.1) is 11.9 Å². The molecule has 0 fully saturated rings. The van der Waals surface area contributed by atoms with Crippen molar-refractivity contribution in [3.63, 3.8) is 0 Å². The van der Waals surface area contributed by atoms with Gasteiger partial charge in [-0.05, 0) is 17.7 Å². The van der Waals surface area contributed by atoms with Gasteiger partial charge in [0.15, 0.2) is 0 Å². The highest BCUT2D eigenvalue weighted by atomic mass is 32.1. The van der Waals surface area contributed by atoms with Crippen LogP contribution in [0.3, 0.4) is 0 Å². The maximum Gasteiger partial charge on any atom is 0.253 e. The van der Waals surface area contributed by atoms with Crippen molar-refractivity contribution in [3.05, 3.63) is 71.9 Å². The van der Waals surface area contributed by atoms with Crippen LogP contribution in [0.5, 0.6) is 0 Å². The molecule has 1 amide bonds. The molecule has 0 bridgehead atoms. The fourth-order valence-corrected chi connectivity index (χ4v) is 3.53. The van der Waals surface area contributed by atoms with Crippen LogP contribution in [0.25, 0.3) is 16.2 Å². The van der Waals surface area contributed by atoms with Crippen LogP contribution in [0.15, 0.2) is 60.8 Å². The maximum absolute atomic E-state index is 12.2. The fourth-order valence-electron chi connectivity index (χ4n) is 2.75. The minimum atomic E-state index is -0.0246. The van der Waals surface area contributed by atoms with E-state index in [1.165, 1.54) is 16.9 Å². The van der Waals surface area contributed by atoms with E-state index in [1.807, 2.05) is 48.7 Å². The van der Waals surface area contributed by atoms with Gasteiger partial charge in [0.1, 0.15) is 0 Å². The summed E-state index contributed by atoms with van der Waals surface area (Å²) >= 11 is 1.50. The molecule has 0 radical (unpaired) electrons. The number of hydrogen-bond donors (Lipinski definition) is 1. The Labute approximate surface area is 161 Å². The molecule has 136 valence electrons. The molecule has 0 aliphatic carbocycles. The number of nitrogens with zero attached hydrogens (tertiary/aromatic N) is 4. The van der Waals surface area contributed by atoms with Crippen LogP contribution in [-0.4, -0.2) is 39.5 Å². The van der Waals surface area contributed by atoms with Crippen LogP contribution in [0.4, 0.5) is 5.13 Å². The quantitative estimate of drug-likeness (QED) is 0.575. The third-order valence-corrected chi connectivity index (χ3v) is 5.02. The second-order valence-electron chi connectivity index (χ2n) is 6.38. The van der Waals surface area contributed by atoms with Crippen molar-refractivity contribution in [1.82, 2.24) is 19.5 Å². The maximum atomic E-state index is 12.2. The number of nitrogens with one attached hydrogen (secondary N) is 1. The minimum Gasteiger partial charge on any atom is -0.356 e. The van der Waals surface area contributed by atoms with E-state index >= 15 is 0 Å². The highest BCUT2D eigenvalue weighted by Crippen LogP contribution is 2.25. The summed E-state index contributed by atoms with van der Waals surface area (Å²) in [5.74, 6) is -0.0246. The minimum absolute atomic E-state index is 0.0246. The van der Waals surface area contributed by atoms with Gasteiger partial charge >= 0.3 is 0 Å². The first kappa shape index (κ1) is 17.2. The molecule has 2 aromatic heterocycles. The van der Waals surface area contributed by atoms with Gasteiger partial charge in [-0.3, -0.25) is 4.79 Å². The molecule has 0 aliphatic rings. The summed E-state index contributed by atoms with van der Waals surface area (Å²) in [4.78, 5) is 19.2. The lowest BCUT2D eigenvalue weighted by Crippen LogP contribution is -2.21. The highest BCUT2D eigenvalue weighted by molar-refractivity contribution is 7.20. The number of rotatable bonds is 5. The molecule has 0 saturated carbocycles. The largest absolute Gasteiger partial charge is 0.356 e. The highest BCUT2D eigenvalue weighted by Gasteiger charge is 2.13. The number of carbonyl (C=O) groups is 1. The van der Waals surface area contributed by atoms with Crippen molar-refractivity contribution < 1.29 is 4.79 Å². The van der Waals surface area contributed by atoms with Gasteiger partial charge in [0.2, 0.25) is 10.1 Å². The van der Waals surface area contributed by atoms with E-state index in [0.29, 0.717) is 5.56 Å². The van der Waals surface area contributed by atoms with Crippen LogP contribution in [0.2, 0.25) is 0 Å². The molecular formula is C20H19N5OS. The topological polar surface area (TPSA) is 62.5 Å². The Morgan fingerprint density at radius 1 is 1.15 bits per heavy atom. The normalized spacial score (nSPS) is 10.9. The predicted octanol–water partition coefficient (Wildman–Crippen LogP) is 3.77. The van der Waals surface area contributed by atoms with E-state index in [1.54, 1.807) is 23.5 Å². The molecule has 0 spiro atoms. The van der Waals surface area contributed by atoms with Crippen LogP contribution < -0.4 is 5.32 Å². The third kappa shape index (κ3) is 3.68. The first-order valence-corrected chi connectivity index (χ1v) is 9.38. The van der Waals surface area contributed by atoms with Gasteiger partial charge in [-0.1, -0.05) is 53.8 Å². The summed E-state index contributed by atoms with van der Waals surface area (Å²) in [6.45, 7) is 0.721. The molecule has 4 rings (SSSR count). The van der Waals surface area contributed by atoms with Gasteiger partial charge in [0, 0.05) is 31.8 Å². The first-order valence-electron chi connectivity index (χ1n) is 8.56. The standard InChI is InChI=1S/C20H19N5OS/c1-24(2)18(26)16-10-6-9-15(11-16)17-13-25-20(22-17)27-19(23-25)21-12-14-7-4-3-5-8-14/h3-11,13H,12H2,1-2H3,(H,21,23).